The zero-order valence-corrected chi connectivity index (χ0v) is 11.6. The Kier molecular flexibility index (Phi) is 4.42. The van der Waals surface area contributed by atoms with Crippen molar-refractivity contribution in [1.82, 2.24) is 0 Å². The number of carboxylic acids is 1. The number of thioether (sulfide) groups is 1. The van der Waals surface area contributed by atoms with E-state index in [9.17, 15) is 9.59 Å². The Hall–Kier alpha value is -2.27. The van der Waals surface area contributed by atoms with Crippen molar-refractivity contribution >= 4 is 29.3 Å². The summed E-state index contributed by atoms with van der Waals surface area (Å²) in [6, 6.07) is 13.5. The summed E-state index contributed by atoms with van der Waals surface area (Å²) in [5.41, 5.74) is 0.780. The van der Waals surface area contributed by atoms with E-state index in [4.69, 9.17) is 5.11 Å². The number of carboxylic acid groups (broad SMARTS) is 1. The summed E-state index contributed by atoms with van der Waals surface area (Å²) in [6.45, 7) is 0. The Labute approximate surface area is 120 Å². The Morgan fingerprint density at radius 1 is 1.05 bits per heavy atom. The van der Waals surface area contributed by atoms with Crippen LogP contribution in [-0.4, -0.2) is 23.2 Å². The molecule has 0 saturated carbocycles. The zero-order valence-electron chi connectivity index (χ0n) is 10.8. The largest absolute Gasteiger partial charge is 0.478 e. The SMILES string of the molecule is CSc1cccc(NC(=O)c2ccccc2C(=O)O)c1. The zero-order chi connectivity index (χ0) is 14.5. The fourth-order valence-electron chi connectivity index (χ4n) is 1.77. The third-order valence-corrected chi connectivity index (χ3v) is 3.46. The lowest BCUT2D eigenvalue weighted by Gasteiger charge is -2.08. The van der Waals surface area contributed by atoms with Crippen molar-refractivity contribution in [2.45, 2.75) is 4.90 Å². The number of rotatable bonds is 4. The van der Waals surface area contributed by atoms with Gasteiger partial charge < -0.3 is 10.4 Å². The van der Waals surface area contributed by atoms with E-state index in [2.05, 4.69) is 5.32 Å². The summed E-state index contributed by atoms with van der Waals surface area (Å²) in [4.78, 5) is 24.3. The van der Waals surface area contributed by atoms with Gasteiger partial charge in [0.05, 0.1) is 11.1 Å². The average Bonchev–Trinajstić information content (AvgIpc) is 2.47. The molecule has 2 rings (SSSR count). The molecule has 0 unspecified atom stereocenters. The van der Waals surface area contributed by atoms with Gasteiger partial charge in [-0.2, -0.15) is 0 Å². The van der Waals surface area contributed by atoms with E-state index in [1.165, 1.54) is 12.1 Å². The fourth-order valence-corrected chi connectivity index (χ4v) is 2.23. The molecule has 1 amide bonds. The number of aromatic carboxylic acids is 1. The molecule has 0 aliphatic carbocycles. The summed E-state index contributed by atoms with van der Waals surface area (Å²) in [5, 5.41) is 11.8. The molecule has 0 spiro atoms. The topological polar surface area (TPSA) is 66.4 Å². The van der Waals surface area contributed by atoms with Crippen LogP contribution in [0.15, 0.2) is 53.4 Å². The molecule has 0 bridgehead atoms. The first-order valence-corrected chi connectivity index (χ1v) is 7.12. The van der Waals surface area contributed by atoms with Crippen molar-refractivity contribution in [3.63, 3.8) is 0 Å². The van der Waals surface area contributed by atoms with Crippen LogP contribution in [0.25, 0.3) is 0 Å². The van der Waals surface area contributed by atoms with E-state index in [1.807, 2.05) is 24.5 Å². The number of hydrogen-bond donors (Lipinski definition) is 2. The van der Waals surface area contributed by atoms with E-state index >= 15 is 0 Å². The van der Waals surface area contributed by atoms with Crippen molar-refractivity contribution in [3.05, 3.63) is 59.7 Å². The van der Waals surface area contributed by atoms with Crippen LogP contribution < -0.4 is 5.32 Å². The summed E-state index contributed by atoms with van der Waals surface area (Å²) < 4.78 is 0. The van der Waals surface area contributed by atoms with Crippen LogP contribution in [0, 0.1) is 0 Å². The quantitative estimate of drug-likeness (QED) is 0.846. The van der Waals surface area contributed by atoms with Crippen LogP contribution in [0.4, 0.5) is 5.69 Å². The molecule has 0 fully saturated rings. The molecule has 0 atom stereocenters. The highest BCUT2D eigenvalue weighted by Gasteiger charge is 2.15. The maximum absolute atomic E-state index is 12.2. The molecule has 4 nitrogen and oxygen atoms in total. The third kappa shape index (κ3) is 3.19. The standard InChI is InChI=1S/C15H13NO3S/c1-20-11-6-4-5-10(9-11)16-14(17)12-7-2-3-8-13(12)15(18)19/h2-9H,1H3,(H,16,17)(H,18,19). The maximum atomic E-state index is 12.2. The molecule has 0 aliphatic rings. The Bertz CT molecular complexity index is 655. The van der Waals surface area contributed by atoms with Gasteiger partial charge in [0.15, 0.2) is 0 Å². The monoisotopic (exact) mass is 287 g/mol. The minimum Gasteiger partial charge on any atom is -0.478 e. The van der Waals surface area contributed by atoms with Gasteiger partial charge in [0, 0.05) is 10.6 Å². The molecule has 0 radical (unpaired) electrons. The molecule has 2 N–H and O–H groups in total. The molecule has 5 heteroatoms. The van der Waals surface area contributed by atoms with Gasteiger partial charge >= 0.3 is 5.97 Å². The molecule has 0 saturated heterocycles. The van der Waals surface area contributed by atoms with Gasteiger partial charge in [0.25, 0.3) is 5.91 Å². The highest BCUT2D eigenvalue weighted by molar-refractivity contribution is 7.98. The number of amides is 1. The van der Waals surface area contributed by atoms with Gasteiger partial charge in [-0.3, -0.25) is 4.79 Å². The Morgan fingerprint density at radius 2 is 1.75 bits per heavy atom. The summed E-state index contributed by atoms with van der Waals surface area (Å²) in [5.74, 6) is -1.55. The molecule has 20 heavy (non-hydrogen) atoms. The van der Waals surface area contributed by atoms with E-state index in [1.54, 1.807) is 30.0 Å². The second-order valence-electron chi connectivity index (χ2n) is 4.04. The number of anilines is 1. The lowest BCUT2D eigenvalue weighted by Crippen LogP contribution is -2.16. The van der Waals surface area contributed by atoms with Gasteiger partial charge in [-0.05, 0) is 36.6 Å². The number of hydrogen-bond acceptors (Lipinski definition) is 3. The van der Waals surface area contributed by atoms with E-state index in [0.29, 0.717) is 5.69 Å². The van der Waals surface area contributed by atoms with E-state index in [-0.39, 0.29) is 11.1 Å². The predicted octanol–water partition coefficient (Wildman–Crippen LogP) is 3.36. The predicted molar refractivity (Wildman–Crippen MR) is 79.6 cm³/mol. The first kappa shape index (κ1) is 14.1. The molecule has 0 aliphatic heterocycles. The molecular weight excluding hydrogens is 274 g/mol. The fraction of sp³-hybridized carbons (Fsp3) is 0.0667. The van der Waals surface area contributed by atoms with E-state index in [0.717, 1.165) is 4.90 Å². The maximum Gasteiger partial charge on any atom is 0.336 e. The normalized spacial score (nSPS) is 10.1. The van der Waals surface area contributed by atoms with Crippen molar-refractivity contribution < 1.29 is 14.7 Å². The lowest BCUT2D eigenvalue weighted by molar-refractivity contribution is 0.0692. The molecule has 0 aromatic heterocycles. The number of carbonyl (C=O) groups excluding carboxylic acids is 1. The summed E-state index contributed by atoms with van der Waals surface area (Å²) in [7, 11) is 0. The molecule has 0 heterocycles. The highest BCUT2D eigenvalue weighted by atomic mass is 32.2. The molecule has 2 aromatic rings. The van der Waals surface area contributed by atoms with Crippen LogP contribution >= 0.6 is 11.8 Å². The molecule has 2 aromatic carbocycles. The van der Waals surface area contributed by atoms with Gasteiger partial charge in [-0.25, -0.2) is 4.79 Å². The van der Waals surface area contributed by atoms with Crippen LogP contribution in [0.1, 0.15) is 20.7 Å². The Balaban J connectivity index is 2.26. The van der Waals surface area contributed by atoms with Crippen LogP contribution in [0.5, 0.6) is 0 Å². The van der Waals surface area contributed by atoms with Gasteiger partial charge in [0.1, 0.15) is 0 Å². The molecule has 102 valence electrons. The van der Waals surface area contributed by atoms with Crippen LogP contribution in [0.3, 0.4) is 0 Å². The minimum absolute atomic E-state index is 0.00831. The average molecular weight is 287 g/mol. The van der Waals surface area contributed by atoms with Crippen molar-refractivity contribution in [2.24, 2.45) is 0 Å². The second kappa shape index (κ2) is 6.25. The second-order valence-corrected chi connectivity index (χ2v) is 4.92. The van der Waals surface area contributed by atoms with Gasteiger partial charge in [0.2, 0.25) is 0 Å². The first-order valence-electron chi connectivity index (χ1n) is 5.89. The van der Waals surface area contributed by atoms with E-state index < -0.39 is 11.9 Å². The number of carbonyl (C=O) groups is 2. The number of benzene rings is 2. The van der Waals surface area contributed by atoms with Gasteiger partial charge in [-0.15, -0.1) is 11.8 Å². The summed E-state index contributed by atoms with van der Waals surface area (Å²) >= 11 is 1.57. The Morgan fingerprint density at radius 3 is 2.40 bits per heavy atom. The van der Waals surface area contributed by atoms with Crippen LogP contribution in [-0.2, 0) is 0 Å². The number of nitrogens with one attached hydrogen (secondary N) is 1. The van der Waals surface area contributed by atoms with Crippen molar-refractivity contribution in [3.8, 4) is 0 Å². The molecular formula is C15H13NO3S. The minimum atomic E-state index is -1.12. The summed E-state index contributed by atoms with van der Waals surface area (Å²) in [6.07, 6.45) is 1.95. The van der Waals surface area contributed by atoms with Gasteiger partial charge in [-0.1, -0.05) is 18.2 Å². The van der Waals surface area contributed by atoms with Crippen molar-refractivity contribution in [1.29, 1.82) is 0 Å². The third-order valence-electron chi connectivity index (χ3n) is 2.73. The highest BCUT2D eigenvalue weighted by Crippen LogP contribution is 2.20. The smallest absolute Gasteiger partial charge is 0.336 e. The first-order chi connectivity index (χ1) is 9.61. The van der Waals surface area contributed by atoms with Crippen molar-refractivity contribution in [2.75, 3.05) is 11.6 Å². The van der Waals surface area contributed by atoms with Crippen LogP contribution in [0.2, 0.25) is 0 Å². The lowest BCUT2D eigenvalue weighted by atomic mass is 10.1.